The van der Waals surface area contributed by atoms with Crippen LogP contribution in [0.2, 0.25) is 0 Å². The summed E-state index contributed by atoms with van der Waals surface area (Å²) >= 11 is 0. The molecule has 7 aromatic rings. The predicted octanol–water partition coefficient (Wildman–Crippen LogP) is 17.0. The van der Waals surface area contributed by atoms with Crippen molar-refractivity contribution in [2.24, 2.45) is 0 Å². The van der Waals surface area contributed by atoms with Crippen LogP contribution >= 0.6 is 0 Å². The Bertz CT molecular complexity index is 2410. The third kappa shape index (κ3) is 9.84. The van der Waals surface area contributed by atoms with Gasteiger partial charge < -0.3 is 4.98 Å². The zero-order valence-corrected chi connectivity index (χ0v) is 38.1. The Morgan fingerprint density at radius 2 is 0.900 bits per heavy atom. The molecule has 0 N–H and O–H groups in total. The SMILES string of the molecule is CCCCCCCCC1(CCCCCCCC)c2ccccc2-c2c[c-]c(-c3ccc(-c4cccc(-c5cccc(-c6cccc(-c7ccccc7)c6)c5)c4)cn3)cc21.[Ir]. The molecule has 8 rings (SSSR count). The van der Waals surface area contributed by atoms with Gasteiger partial charge in [-0.15, -0.1) is 29.3 Å². The number of unbranched alkanes of at least 4 members (excludes halogenated alkanes) is 10. The molecule has 1 aliphatic carbocycles. The Morgan fingerprint density at radius 1 is 0.417 bits per heavy atom. The van der Waals surface area contributed by atoms with Gasteiger partial charge in [0.1, 0.15) is 0 Å². The first kappa shape index (κ1) is 43.2. The summed E-state index contributed by atoms with van der Waals surface area (Å²) < 4.78 is 0. The summed E-state index contributed by atoms with van der Waals surface area (Å²) in [7, 11) is 0. The van der Waals surface area contributed by atoms with Gasteiger partial charge in [0.15, 0.2) is 0 Å². The van der Waals surface area contributed by atoms with Crippen LogP contribution in [0, 0.1) is 6.07 Å². The third-order valence-corrected chi connectivity index (χ3v) is 12.8. The van der Waals surface area contributed by atoms with Crippen LogP contribution in [-0.4, -0.2) is 4.98 Å². The van der Waals surface area contributed by atoms with Crippen molar-refractivity contribution in [2.45, 2.75) is 109 Å². The molecule has 0 saturated carbocycles. The van der Waals surface area contributed by atoms with Crippen LogP contribution in [0.3, 0.4) is 0 Å². The molecule has 0 unspecified atom stereocenters. The van der Waals surface area contributed by atoms with E-state index >= 15 is 0 Å². The summed E-state index contributed by atoms with van der Waals surface area (Å²) in [6, 6.07) is 59.4. The molecular formula is C58H60IrN-. The third-order valence-electron chi connectivity index (χ3n) is 12.8. The van der Waals surface area contributed by atoms with Crippen molar-refractivity contribution < 1.29 is 20.1 Å². The molecule has 0 aliphatic heterocycles. The maximum Gasteiger partial charge on any atom is 0.0239 e. The second-order valence-corrected chi connectivity index (χ2v) is 16.9. The molecular weight excluding hydrogens is 903 g/mol. The van der Waals surface area contributed by atoms with Crippen molar-refractivity contribution in [1.82, 2.24) is 4.98 Å². The average molecular weight is 963 g/mol. The van der Waals surface area contributed by atoms with Crippen molar-refractivity contribution >= 4 is 0 Å². The van der Waals surface area contributed by atoms with E-state index in [2.05, 4.69) is 178 Å². The average Bonchev–Trinajstić information content (AvgIpc) is 3.57. The smallest absolute Gasteiger partial charge is 0.0239 e. The van der Waals surface area contributed by atoms with E-state index in [0.717, 1.165) is 16.8 Å². The minimum Gasteiger partial charge on any atom is -0.304 e. The van der Waals surface area contributed by atoms with Gasteiger partial charge in [-0.05, 0) is 86.8 Å². The zero-order valence-electron chi connectivity index (χ0n) is 35.7. The maximum atomic E-state index is 5.11. The normalized spacial score (nSPS) is 12.4. The molecule has 0 amide bonds. The summed E-state index contributed by atoms with van der Waals surface area (Å²) in [6.45, 7) is 4.62. The summed E-state index contributed by atoms with van der Waals surface area (Å²) in [4.78, 5) is 5.11. The summed E-state index contributed by atoms with van der Waals surface area (Å²) in [5, 5.41) is 0. The van der Waals surface area contributed by atoms with Crippen molar-refractivity contribution in [3.63, 3.8) is 0 Å². The number of fused-ring (bicyclic) bond motifs is 3. The molecule has 0 atom stereocenters. The van der Waals surface area contributed by atoms with E-state index in [4.69, 9.17) is 4.98 Å². The molecule has 60 heavy (non-hydrogen) atoms. The van der Waals surface area contributed by atoms with Gasteiger partial charge >= 0.3 is 0 Å². The van der Waals surface area contributed by atoms with Crippen LogP contribution in [0.15, 0.2) is 158 Å². The first-order chi connectivity index (χ1) is 29.2. The molecule has 0 spiro atoms. The molecule has 1 nitrogen and oxygen atoms in total. The fourth-order valence-electron chi connectivity index (χ4n) is 9.61. The topological polar surface area (TPSA) is 12.9 Å². The molecule has 0 fully saturated rings. The van der Waals surface area contributed by atoms with E-state index in [1.54, 1.807) is 0 Å². The summed E-state index contributed by atoms with van der Waals surface area (Å²) in [5.41, 5.74) is 17.6. The van der Waals surface area contributed by atoms with E-state index in [0.29, 0.717) is 0 Å². The van der Waals surface area contributed by atoms with Gasteiger partial charge in [-0.3, -0.25) is 0 Å². The number of aromatic nitrogens is 1. The van der Waals surface area contributed by atoms with Crippen LogP contribution < -0.4 is 0 Å². The van der Waals surface area contributed by atoms with Crippen LogP contribution in [0.5, 0.6) is 0 Å². The van der Waals surface area contributed by atoms with E-state index in [9.17, 15) is 0 Å². The van der Waals surface area contributed by atoms with Gasteiger partial charge in [-0.1, -0.05) is 223 Å². The summed E-state index contributed by atoms with van der Waals surface area (Å²) in [6.07, 6.45) is 20.4. The van der Waals surface area contributed by atoms with E-state index in [-0.39, 0.29) is 25.5 Å². The minimum atomic E-state index is 0. The fraction of sp³-hybridized carbons (Fsp3) is 0.293. The number of nitrogens with zero attached hydrogens (tertiary/aromatic N) is 1. The zero-order chi connectivity index (χ0) is 40.3. The largest absolute Gasteiger partial charge is 0.304 e. The molecule has 307 valence electrons. The number of hydrogen-bond donors (Lipinski definition) is 0. The van der Waals surface area contributed by atoms with Crippen molar-refractivity contribution in [1.29, 1.82) is 0 Å². The van der Waals surface area contributed by atoms with Gasteiger partial charge in [0.25, 0.3) is 0 Å². The second-order valence-electron chi connectivity index (χ2n) is 16.9. The Labute approximate surface area is 374 Å². The van der Waals surface area contributed by atoms with Gasteiger partial charge in [-0.25, -0.2) is 0 Å². The van der Waals surface area contributed by atoms with Crippen molar-refractivity contribution in [2.75, 3.05) is 0 Å². The molecule has 0 saturated heterocycles. The number of pyridine rings is 1. The molecule has 0 bridgehead atoms. The van der Waals surface area contributed by atoms with Crippen LogP contribution in [0.4, 0.5) is 0 Å². The van der Waals surface area contributed by atoms with Gasteiger partial charge in [0.05, 0.1) is 0 Å². The quantitative estimate of drug-likeness (QED) is 0.0581. The van der Waals surface area contributed by atoms with Gasteiger partial charge in [-0.2, -0.15) is 0 Å². The van der Waals surface area contributed by atoms with E-state index in [1.807, 2.05) is 0 Å². The monoisotopic (exact) mass is 963 g/mol. The van der Waals surface area contributed by atoms with Gasteiger partial charge in [0.2, 0.25) is 0 Å². The maximum absolute atomic E-state index is 5.11. The standard InChI is InChI=1S/C58H60N.Ir/c1-3-5-7-9-11-18-37-58(38-19-12-10-8-6-4-2)55-32-17-16-31-53(55)54-35-33-51(42-56(54)58)57-36-34-52(43-59-57)50-30-22-29-49(41-50)48-28-21-27-47(40-48)46-26-20-25-45(39-46)44-23-14-13-15-24-44;/h13-17,20-32,34-36,39-43H,3-12,18-19,37-38H2,1-2H3;/q-1;. The Morgan fingerprint density at radius 3 is 1.45 bits per heavy atom. The van der Waals surface area contributed by atoms with E-state index in [1.165, 1.54) is 151 Å². The number of rotatable bonds is 19. The number of hydrogen-bond acceptors (Lipinski definition) is 1. The molecule has 2 heteroatoms. The minimum absolute atomic E-state index is 0. The number of benzene rings is 6. The van der Waals surface area contributed by atoms with Crippen molar-refractivity contribution in [3.8, 4) is 66.9 Å². The Balaban J connectivity index is 0.00000544. The van der Waals surface area contributed by atoms with Crippen LogP contribution in [0.25, 0.3) is 66.9 Å². The first-order valence-electron chi connectivity index (χ1n) is 22.7. The fourth-order valence-corrected chi connectivity index (χ4v) is 9.61. The molecule has 6 aromatic carbocycles. The van der Waals surface area contributed by atoms with Crippen LogP contribution in [-0.2, 0) is 25.5 Å². The Kier molecular flexibility index (Phi) is 15.2. The molecule has 1 aromatic heterocycles. The summed E-state index contributed by atoms with van der Waals surface area (Å²) in [5.74, 6) is 0. The molecule has 1 heterocycles. The first-order valence-corrected chi connectivity index (χ1v) is 22.7. The second kappa shape index (κ2) is 21.1. The van der Waals surface area contributed by atoms with Gasteiger partial charge in [0, 0.05) is 31.7 Å². The molecule has 1 aliphatic rings. The molecule has 1 radical (unpaired) electrons. The Hall–Kier alpha value is -4.88. The van der Waals surface area contributed by atoms with Crippen LogP contribution in [0.1, 0.15) is 115 Å². The van der Waals surface area contributed by atoms with E-state index < -0.39 is 0 Å². The predicted molar refractivity (Wildman–Crippen MR) is 252 cm³/mol. The van der Waals surface area contributed by atoms with Crippen molar-refractivity contribution in [3.05, 3.63) is 175 Å².